The lowest BCUT2D eigenvalue weighted by molar-refractivity contribution is 0.0698. The summed E-state index contributed by atoms with van der Waals surface area (Å²) in [4.78, 5) is 11.2. The molecule has 0 saturated heterocycles. The second-order valence-corrected chi connectivity index (χ2v) is 6.23. The summed E-state index contributed by atoms with van der Waals surface area (Å²) in [6.45, 7) is 1.61. The molecule has 0 fully saturated rings. The van der Waals surface area contributed by atoms with Gasteiger partial charge in [-0.25, -0.2) is 13.2 Å². The first-order valence-electron chi connectivity index (χ1n) is 6.21. The molecule has 2 aromatic rings. The lowest BCUT2D eigenvalue weighted by Gasteiger charge is -2.13. The Kier molecular flexibility index (Phi) is 4.15. The Morgan fingerprint density at radius 3 is 2.36 bits per heavy atom. The molecular formula is C15H12N2O4S. The number of aryl methyl sites for hydroxylation is 1. The van der Waals surface area contributed by atoms with Crippen molar-refractivity contribution in [2.24, 2.45) is 0 Å². The van der Waals surface area contributed by atoms with E-state index in [-0.39, 0.29) is 16.1 Å². The standard InChI is InChI=1S/C15H12N2O4S/c1-10-3-2-4-13(15(18)19)14(10)17-22(20,21)12-7-5-11(9-16)6-8-12/h2-8,17H,1H3,(H,18,19). The van der Waals surface area contributed by atoms with Crippen molar-refractivity contribution in [2.45, 2.75) is 11.8 Å². The van der Waals surface area contributed by atoms with Gasteiger partial charge in [0.25, 0.3) is 10.0 Å². The summed E-state index contributed by atoms with van der Waals surface area (Å²) in [5.41, 5.74) is 0.731. The molecule has 0 aliphatic rings. The van der Waals surface area contributed by atoms with Crippen molar-refractivity contribution in [3.8, 4) is 6.07 Å². The maximum absolute atomic E-state index is 12.3. The highest BCUT2D eigenvalue weighted by Crippen LogP contribution is 2.24. The van der Waals surface area contributed by atoms with Crippen LogP contribution in [0.4, 0.5) is 5.69 Å². The highest BCUT2D eigenvalue weighted by molar-refractivity contribution is 7.92. The first kappa shape index (κ1) is 15.5. The Bertz CT molecular complexity index is 865. The quantitative estimate of drug-likeness (QED) is 0.900. The number of carboxylic acid groups (broad SMARTS) is 1. The zero-order chi connectivity index (χ0) is 16.3. The van der Waals surface area contributed by atoms with E-state index in [1.165, 1.54) is 36.4 Å². The number of hydrogen-bond acceptors (Lipinski definition) is 4. The van der Waals surface area contributed by atoms with E-state index in [2.05, 4.69) is 4.72 Å². The minimum Gasteiger partial charge on any atom is -0.478 e. The van der Waals surface area contributed by atoms with Gasteiger partial charge in [0, 0.05) is 0 Å². The van der Waals surface area contributed by atoms with Crippen LogP contribution in [0.2, 0.25) is 0 Å². The van der Waals surface area contributed by atoms with Crippen molar-refractivity contribution >= 4 is 21.7 Å². The Labute approximate surface area is 127 Å². The van der Waals surface area contributed by atoms with Crippen LogP contribution >= 0.6 is 0 Å². The molecule has 7 heteroatoms. The lowest BCUT2D eigenvalue weighted by Crippen LogP contribution is -2.16. The summed E-state index contributed by atoms with van der Waals surface area (Å²) < 4.78 is 27.0. The molecule has 0 aromatic heterocycles. The van der Waals surface area contributed by atoms with Crippen LogP contribution in [0.15, 0.2) is 47.4 Å². The van der Waals surface area contributed by atoms with Crippen LogP contribution in [0, 0.1) is 18.3 Å². The molecule has 0 radical (unpaired) electrons. The van der Waals surface area contributed by atoms with E-state index in [1.807, 2.05) is 6.07 Å². The Morgan fingerprint density at radius 1 is 1.18 bits per heavy atom. The van der Waals surface area contributed by atoms with E-state index in [0.717, 1.165) is 0 Å². The Hall–Kier alpha value is -2.85. The first-order chi connectivity index (χ1) is 10.3. The van der Waals surface area contributed by atoms with E-state index >= 15 is 0 Å². The molecule has 0 aliphatic carbocycles. The number of sulfonamides is 1. The van der Waals surface area contributed by atoms with Gasteiger partial charge in [0.2, 0.25) is 0 Å². The summed E-state index contributed by atoms with van der Waals surface area (Å²) in [7, 11) is -3.94. The highest BCUT2D eigenvalue weighted by atomic mass is 32.2. The van der Waals surface area contributed by atoms with Crippen molar-refractivity contribution in [1.82, 2.24) is 0 Å². The van der Waals surface area contributed by atoms with E-state index in [9.17, 15) is 13.2 Å². The van der Waals surface area contributed by atoms with Crippen LogP contribution in [0.1, 0.15) is 21.5 Å². The van der Waals surface area contributed by atoms with Gasteiger partial charge < -0.3 is 5.11 Å². The summed E-state index contributed by atoms with van der Waals surface area (Å²) >= 11 is 0. The topological polar surface area (TPSA) is 107 Å². The van der Waals surface area contributed by atoms with Crippen LogP contribution in [-0.2, 0) is 10.0 Å². The van der Waals surface area contributed by atoms with Crippen molar-refractivity contribution < 1.29 is 18.3 Å². The molecule has 0 unspecified atom stereocenters. The van der Waals surface area contributed by atoms with Crippen LogP contribution in [0.25, 0.3) is 0 Å². The number of nitriles is 1. The van der Waals surface area contributed by atoms with Gasteiger partial charge in [-0.1, -0.05) is 12.1 Å². The zero-order valence-corrected chi connectivity index (χ0v) is 12.4. The van der Waals surface area contributed by atoms with Crippen molar-refractivity contribution in [2.75, 3.05) is 4.72 Å². The van der Waals surface area contributed by atoms with Crippen molar-refractivity contribution in [1.29, 1.82) is 5.26 Å². The van der Waals surface area contributed by atoms with E-state index in [0.29, 0.717) is 11.1 Å². The number of carboxylic acids is 1. The van der Waals surface area contributed by atoms with Gasteiger partial charge in [-0.2, -0.15) is 5.26 Å². The van der Waals surface area contributed by atoms with E-state index in [4.69, 9.17) is 10.4 Å². The molecule has 2 aromatic carbocycles. The molecule has 22 heavy (non-hydrogen) atoms. The Morgan fingerprint density at radius 2 is 1.82 bits per heavy atom. The molecule has 0 bridgehead atoms. The van der Waals surface area contributed by atoms with Crippen molar-refractivity contribution in [3.05, 3.63) is 59.2 Å². The molecule has 2 rings (SSSR count). The number of para-hydroxylation sites is 1. The fourth-order valence-corrected chi connectivity index (χ4v) is 3.04. The third-order valence-electron chi connectivity index (χ3n) is 3.03. The molecule has 0 saturated carbocycles. The summed E-state index contributed by atoms with van der Waals surface area (Å²) in [5, 5.41) is 17.9. The number of benzene rings is 2. The minimum absolute atomic E-state index is 0.0272. The molecular weight excluding hydrogens is 304 g/mol. The second-order valence-electron chi connectivity index (χ2n) is 4.54. The number of hydrogen-bond donors (Lipinski definition) is 2. The number of nitrogens with one attached hydrogen (secondary N) is 1. The van der Waals surface area contributed by atoms with Crippen LogP contribution in [0.3, 0.4) is 0 Å². The summed E-state index contributed by atoms with van der Waals surface area (Å²) in [6, 6.07) is 11.7. The molecule has 6 nitrogen and oxygen atoms in total. The van der Waals surface area contributed by atoms with E-state index in [1.54, 1.807) is 13.0 Å². The van der Waals surface area contributed by atoms with Crippen molar-refractivity contribution in [3.63, 3.8) is 0 Å². The molecule has 112 valence electrons. The summed E-state index contributed by atoms with van der Waals surface area (Å²) in [5.74, 6) is -1.22. The number of aromatic carboxylic acids is 1. The first-order valence-corrected chi connectivity index (χ1v) is 7.69. The normalized spacial score (nSPS) is 10.7. The van der Waals surface area contributed by atoms with E-state index < -0.39 is 16.0 Å². The van der Waals surface area contributed by atoms with Gasteiger partial charge in [-0.15, -0.1) is 0 Å². The molecule has 0 amide bonds. The highest BCUT2D eigenvalue weighted by Gasteiger charge is 2.19. The number of carbonyl (C=O) groups is 1. The van der Waals surface area contributed by atoms with Gasteiger partial charge >= 0.3 is 5.97 Å². The molecule has 2 N–H and O–H groups in total. The largest absolute Gasteiger partial charge is 0.478 e. The fraction of sp³-hybridized carbons (Fsp3) is 0.0667. The Balaban J connectivity index is 2.45. The number of rotatable bonds is 4. The smallest absolute Gasteiger partial charge is 0.337 e. The van der Waals surface area contributed by atoms with Gasteiger partial charge in [-0.3, -0.25) is 4.72 Å². The predicted molar refractivity (Wildman–Crippen MR) is 80.1 cm³/mol. The molecule has 0 atom stereocenters. The maximum Gasteiger partial charge on any atom is 0.337 e. The molecule has 0 aliphatic heterocycles. The minimum atomic E-state index is -3.94. The van der Waals surface area contributed by atoms with Gasteiger partial charge in [0.05, 0.1) is 27.8 Å². The second kappa shape index (κ2) is 5.87. The van der Waals surface area contributed by atoms with Crippen LogP contribution < -0.4 is 4.72 Å². The summed E-state index contributed by atoms with van der Waals surface area (Å²) in [6.07, 6.45) is 0. The predicted octanol–water partition coefficient (Wildman–Crippen LogP) is 2.37. The third-order valence-corrected chi connectivity index (χ3v) is 4.40. The average molecular weight is 316 g/mol. The maximum atomic E-state index is 12.3. The van der Waals surface area contributed by atoms with Gasteiger partial charge in [0.1, 0.15) is 0 Å². The SMILES string of the molecule is Cc1cccc(C(=O)O)c1NS(=O)(=O)c1ccc(C#N)cc1. The average Bonchev–Trinajstić information content (AvgIpc) is 2.49. The molecule has 0 heterocycles. The molecule has 0 spiro atoms. The number of anilines is 1. The van der Waals surface area contributed by atoms with Crippen LogP contribution in [-0.4, -0.2) is 19.5 Å². The lowest BCUT2D eigenvalue weighted by atomic mass is 10.1. The van der Waals surface area contributed by atoms with Crippen LogP contribution in [0.5, 0.6) is 0 Å². The third kappa shape index (κ3) is 3.07. The fourth-order valence-electron chi connectivity index (χ4n) is 1.88. The van der Waals surface area contributed by atoms with Gasteiger partial charge in [0.15, 0.2) is 0 Å². The monoisotopic (exact) mass is 316 g/mol. The van der Waals surface area contributed by atoms with Gasteiger partial charge in [-0.05, 0) is 42.8 Å². The number of nitrogens with zero attached hydrogens (tertiary/aromatic N) is 1. The zero-order valence-electron chi connectivity index (χ0n) is 11.6.